The minimum Gasteiger partial charge on any atom is -0.492 e. The lowest BCUT2D eigenvalue weighted by Gasteiger charge is -2.09. The molecule has 0 radical (unpaired) electrons. The Morgan fingerprint density at radius 3 is 2.61 bits per heavy atom. The zero-order chi connectivity index (χ0) is 13.6. The van der Waals surface area contributed by atoms with E-state index >= 15 is 0 Å². The van der Waals surface area contributed by atoms with Gasteiger partial charge in [0.1, 0.15) is 12.4 Å². The summed E-state index contributed by atoms with van der Waals surface area (Å²) in [5.74, 6) is 0.583. The molecular formula is C13H18O4S. The van der Waals surface area contributed by atoms with Gasteiger partial charge in [0.2, 0.25) is 0 Å². The molecule has 1 aromatic rings. The largest absolute Gasteiger partial charge is 0.492 e. The van der Waals surface area contributed by atoms with Crippen molar-refractivity contribution in [2.75, 3.05) is 18.1 Å². The first-order chi connectivity index (χ1) is 8.48. The number of rotatable bonds is 7. The smallest absolute Gasteiger partial charge is 0.153 e. The summed E-state index contributed by atoms with van der Waals surface area (Å²) in [5, 5.41) is 0. The van der Waals surface area contributed by atoms with E-state index in [9.17, 15) is 13.2 Å². The molecule has 1 aromatic carbocycles. The highest BCUT2D eigenvalue weighted by Gasteiger charge is 2.10. The van der Waals surface area contributed by atoms with Crippen LogP contribution in [0.5, 0.6) is 5.75 Å². The normalized spacial score (nSPS) is 11.2. The van der Waals surface area contributed by atoms with E-state index in [1.54, 1.807) is 12.1 Å². The van der Waals surface area contributed by atoms with Crippen LogP contribution in [-0.4, -0.2) is 32.8 Å². The van der Waals surface area contributed by atoms with Crippen molar-refractivity contribution in [3.63, 3.8) is 0 Å². The van der Waals surface area contributed by atoms with Crippen molar-refractivity contribution in [1.82, 2.24) is 0 Å². The number of aldehydes is 1. The Hall–Kier alpha value is -1.36. The van der Waals surface area contributed by atoms with E-state index in [0.29, 0.717) is 24.0 Å². The van der Waals surface area contributed by atoms with Crippen LogP contribution in [0.1, 0.15) is 29.3 Å². The second-order valence-corrected chi connectivity index (χ2v) is 6.46. The molecule has 0 heterocycles. The average molecular weight is 270 g/mol. The molecule has 0 amide bonds. The maximum absolute atomic E-state index is 11.5. The minimum absolute atomic E-state index is 0.0208. The number of benzene rings is 1. The van der Waals surface area contributed by atoms with Gasteiger partial charge in [-0.15, -0.1) is 0 Å². The van der Waals surface area contributed by atoms with Gasteiger partial charge in [0, 0.05) is 0 Å². The summed E-state index contributed by atoms with van der Waals surface area (Å²) in [4.78, 5) is 10.8. The van der Waals surface area contributed by atoms with E-state index in [1.165, 1.54) is 0 Å². The van der Waals surface area contributed by atoms with E-state index in [1.807, 2.05) is 19.9 Å². The molecule has 0 saturated carbocycles. The van der Waals surface area contributed by atoms with E-state index in [-0.39, 0.29) is 18.1 Å². The number of sulfone groups is 1. The van der Waals surface area contributed by atoms with Crippen LogP contribution >= 0.6 is 0 Å². The molecule has 0 atom stereocenters. The van der Waals surface area contributed by atoms with E-state index in [0.717, 1.165) is 5.56 Å². The predicted molar refractivity (Wildman–Crippen MR) is 71.0 cm³/mol. The first-order valence-electron chi connectivity index (χ1n) is 5.87. The molecule has 0 bridgehead atoms. The van der Waals surface area contributed by atoms with Crippen molar-refractivity contribution < 1.29 is 17.9 Å². The van der Waals surface area contributed by atoms with Gasteiger partial charge < -0.3 is 4.74 Å². The zero-order valence-corrected chi connectivity index (χ0v) is 11.5. The van der Waals surface area contributed by atoms with Gasteiger partial charge in [0.15, 0.2) is 16.1 Å². The van der Waals surface area contributed by atoms with E-state index in [2.05, 4.69) is 0 Å². The lowest BCUT2D eigenvalue weighted by atomic mass is 10.1. The molecule has 0 aliphatic rings. The standard InChI is InChI=1S/C13H18O4S/c1-3-7-18(15,16)8-6-17-13-5-4-11(2)9-12(13)10-14/h4-5,9-10H,3,6-8H2,1-2H3. The number of hydrogen-bond donors (Lipinski definition) is 0. The third-order valence-electron chi connectivity index (χ3n) is 2.46. The summed E-state index contributed by atoms with van der Waals surface area (Å²) >= 11 is 0. The van der Waals surface area contributed by atoms with Gasteiger partial charge >= 0.3 is 0 Å². The van der Waals surface area contributed by atoms with Crippen molar-refractivity contribution in [3.8, 4) is 5.75 Å². The summed E-state index contributed by atoms with van der Waals surface area (Å²) in [6.45, 7) is 3.78. The topological polar surface area (TPSA) is 60.4 Å². The second kappa shape index (κ2) is 6.54. The Kier molecular flexibility index (Phi) is 5.34. The SMILES string of the molecule is CCCS(=O)(=O)CCOc1ccc(C)cc1C=O. The highest BCUT2D eigenvalue weighted by Crippen LogP contribution is 2.18. The molecular weight excluding hydrogens is 252 g/mol. The summed E-state index contributed by atoms with van der Waals surface area (Å²) in [7, 11) is -3.04. The molecule has 0 saturated heterocycles. The monoisotopic (exact) mass is 270 g/mol. The highest BCUT2D eigenvalue weighted by molar-refractivity contribution is 7.91. The van der Waals surface area contributed by atoms with E-state index < -0.39 is 9.84 Å². The minimum atomic E-state index is -3.04. The molecule has 0 fully saturated rings. The van der Waals surface area contributed by atoms with Gasteiger partial charge in [-0.1, -0.05) is 18.6 Å². The predicted octanol–water partition coefficient (Wildman–Crippen LogP) is 2.01. The zero-order valence-electron chi connectivity index (χ0n) is 10.7. The summed E-state index contributed by atoms with van der Waals surface area (Å²) in [5.41, 5.74) is 1.41. The van der Waals surface area contributed by atoms with Gasteiger partial charge in [-0.25, -0.2) is 8.42 Å². The Labute approximate surface area is 108 Å². The highest BCUT2D eigenvalue weighted by atomic mass is 32.2. The molecule has 18 heavy (non-hydrogen) atoms. The van der Waals surface area contributed by atoms with Crippen molar-refractivity contribution in [2.45, 2.75) is 20.3 Å². The van der Waals surface area contributed by atoms with Crippen LogP contribution in [0.3, 0.4) is 0 Å². The van der Waals surface area contributed by atoms with Gasteiger partial charge in [-0.3, -0.25) is 4.79 Å². The lowest BCUT2D eigenvalue weighted by molar-refractivity contribution is 0.112. The third kappa shape index (κ3) is 4.49. The molecule has 0 aliphatic heterocycles. The maximum atomic E-state index is 11.5. The Bertz CT molecular complexity index is 506. The van der Waals surface area contributed by atoms with Crippen molar-refractivity contribution in [3.05, 3.63) is 29.3 Å². The van der Waals surface area contributed by atoms with Crippen LogP contribution < -0.4 is 4.74 Å². The first kappa shape index (κ1) is 14.7. The molecule has 0 N–H and O–H groups in total. The number of hydrogen-bond acceptors (Lipinski definition) is 4. The van der Waals surface area contributed by atoms with Crippen LogP contribution in [0.15, 0.2) is 18.2 Å². The Balaban J connectivity index is 2.62. The summed E-state index contributed by atoms with van der Waals surface area (Å²) < 4.78 is 28.3. The third-order valence-corrected chi connectivity index (χ3v) is 4.28. The number of ether oxygens (including phenoxy) is 1. The molecule has 0 spiro atoms. The maximum Gasteiger partial charge on any atom is 0.153 e. The van der Waals surface area contributed by atoms with Crippen molar-refractivity contribution >= 4 is 16.1 Å². The fourth-order valence-electron chi connectivity index (χ4n) is 1.58. The molecule has 5 heteroatoms. The van der Waals surface area contributed by atoms with Gasteiger partial charge in [-0.2, -0.15) is 0 Å². The van der Waals surface area contributed by atoms with Crippen molar-refractivity contribution in [1.29, 1.82) is 0 Å². The van der Waals surface area contributed by atoms with Crippen LogP contribution in [-0.2, 0) is 9.84 Å². The molecule has 0 unspecified atom stereocenters. The Morgan fingerprint density at radius 2 is 2.00 bits per heavy atom. The fraction of sp³-hybridized carbons (Fsp3) is 0.462. The molecule has 0 aliphatic carbocycles. The van der Waals surface area contributed by atoms with Crippen LogP contribution in [0.25, 0.3) is 0 Å². The van der Waals surface area contributed by atoms with Crippen LogP contribution in [0, 0.1) is 6.92 Å². The number of carbonyl (C=O) groups excluding carboxylic acids is 1. The van der Waals surface area contributed by atoms with Crippen LogP contribution in [0.4, 0.5) is 0 Å². The molecule has 100 valence electrons. The summed E-state index contributed by atoms with van der Waals surface area (Å²) in [6, 6.07) is 5.22. The van der Waals surface area contributed by atoms with Gasteiger partial charge in [-0.05, 0) is 25.5 Å². The van der Waals surface area contributed by atoms with Gasteiger partial charge in [0.05, 0.1) is 17.1 Å². The molecule has 1 rings (SSSR count). The van der Waals surface area contributed by atoms with Crippen LogP contribution in [0.2, 0.25) is 0 Å². The fourth-order valence-corrected chi connectivity index (χ4v) is 2.75. The van der Waals surface area contributed by atoms with E-state index in [4.69, 9.17) is 4.74 Å². The lowest BCUT2D eigenvalue weighted by Crippen LogP contribution is -2.17. The number of carbonyl (C=O) groups is 1. The molecule has 0 aromatic heterocycles. The summed E-state index contributed by atoms with van der Waals surface area (Å²) in [6.07, 6.45) is 1.31. The first-order valence-corrected chi connectivity index (χ1v) is 7.69. The average Bonchev–Trinajstić information content (AvgIpc) is 2.30. The molecule has 4 nitrogen and oxygen atoms in total. The Morgan fingerprint density at radius 1 is 1.28 bits per heavy atom. The van der Waals surface area contributed by atoms with Crippen molar-refractivity contribution in [2.24, 2.45) is 0 Å². The quantitative estimate of drug-likeness (QED) is 0.711. The number of aryl methyl sites for hydroxylation is 1. The van der Waals surface area contributed by atoms with Gasteiger partial charge in [0.25, 0.3) is 0 Å². The second-order valence-electron chi connectivity index (χ2n) is 4.16.